The molecule has 23 heavy (non-hydrogen) atoms. The van der Waals surface area contributed by atoms with Gasteiger partial charge in [-0.05, 0) is 52.8 Å². The molecule has 1 amide bonds. The van der Waals surface area contributed by atoms with E-state index in [4.69, 9.17) is 15.2 Å². The van der Waals surface area contributed by atoms with Crippen LogP contribution in [0.25, 0.3) is 0 Å². The van der Waals surface area contributed by atoms with Crippen LogP contribution in [0.3, 0.4) is 0 Å². The van der Waals surface area contributed by atoms with Crippen LogP contribution in [-0.4, -0.2) is 35.0 Å². The Morgan fingerprint density at radius 2 is 2.13 bits per heavy atom. The first-order valence-electron chi connectivity index (χ1n) is 7.62. The monoisotopic (exact) mass is 316 g/mol. The summed E-state index contributed by atoms with van der Waals surface area (Å²) in [6.45, 7) is 9.52. The first kappa shape index (κ1) is 17.2. The van der Waals surface area contributed by atoms with Crippen LogP contribution in [0.4, 0.5) is 10.5 Å². The molecule has 0 aliphatic carbocycles. The molecule has 124 valence electrons. The Morgan fingerprint density at radius 3 is 2.74 bits per heavy atom. The van der Waals surface area contributed by atoms with Gasteiger partial charge in [0.1, 0.15) is 17.4 Å². The lowest BCUT2D eigenvalue weighted by atomic mass is 10.1. The Hall–Kier alpha value is -2.19. The third-order valence-electron chi connectivity index (χ3n) is 3.35. The zero-order valence-electron chi connectivity index (χ0n) is 14.3. The number of nitrogens with zero attached hydrogens (tertiary/aromatic N) is 1. The summed E-state index contributed by atoms with van der Waals surface area (Å²) in [5.74, 6) is 6.15. The fourth-order valence-electron chi connectivity index (χ4n) is 2.35. The van der Waals surface area contributed by atoms with E-state index in [1.165, 1.54) is 0 Å². The number of hydrogen-bond acceptors (Lipinski definition) is 4. The highest BCUT2D eigenvalue weighted by Crippen LogP contribution is 2.29. The zero-order valence-corrected chi connectivity index (χ0v) is 14.3. The van der Waals surface area contributed by atoms with Crippen molar-refractivity contribution in [3.8, 4) is 11.8 Å². The highest BCUT2D eigenvalue weighted by molar-refractivity contribution is 5.70. The Labute approximate surface area is 137 Å². The molecule has 1 heterocycles. The molecule has 1 aliphatic heterocycles. The Morgan fingerprint density at radius 1 is 1.43 bits per heavy atom. The summed E-state index contributed by atoms with van der Waals surface area (Å²) in [5.41, 5.74) is 5.89. The van der Waals surface area contributed by atoms with E-state index in [0.29, 0.717) is 12.3 Å². The Kier molecular flexibility index (Phi) is 4.58. The van der Waals surface area contributed by atoms with Gasteiger partial charge in [0.15, 0.2) is 0 Å². The molecule has 1 aromatic carbocycles. The van der Waals surface area contributed by atoms with Crippen LogP contribution in [0.1, 0.15) is 40.2 Å². The molecular formula is C18H24N2O3. The maximum atomic E-state index is 12.5. The molecule has 1 aliphatic rings. The number of anilines is 1. The third-order valence-corrected chi connectivity index (χ3v) is 3.35. The van der Waals surface area contributed by atoms with E-state index in [1.54, 1.807) is 17.0 Å². The van der Waals surface area contributed by atoms with Gasteiger partial charge in [-0.2, -0.15) is 0 Å². The predicted octanol–water partition coefficient (Wildman–Crippen LogP) is 2.99. The fourth-order valence-corrected chi connectivity index (χ4v) is 2.35. The lowest BCUT2D eigenvalue weighted by Gasteiger charge is -2.33. The minimum atomic E-state index is -0.753. The molecule has 1 fully saturated rings. The molecule has 0 saturated carbocycles. The van der Waals surface area contributed by atoms with Crippen molar-refractivity contribution in [2.75, 3.05) is 12.3 Å². The molecule has 0 bridgehead atoms. The Balaban J connectivity index is 2.22. The lowest BCUT2D eigenvalue weighted by molar-refractivity contribution is -0.0608. The van der Waals surface area contributed by atoms with E-state index in [-0.39, 0.29) is 6.04 Å². The summed E-state index contributed by atoms with van der Waals surface area (Å²) in [4.78, 5) is 14.0. The number of nitrogen functional groups attached to an aromatic ring is 1. The van der Waals surface area contributed by atoms with E-state index >= 15 is 0 Å². The third kappa shape index (κ3) is 4.40. The Bertz CT molecular complexity index is 650. The van der Waals surface area contributed by atoms with Crippen molar-refractivity contribution in [3.63, 3.8) is 0 Å². The number of carbonyl (C=O) groups excluding carboxylic acids is 1. The van der Waals surface area contributed by atoms with Crippen LogP contribution >= 0.6 is 0 Å². The second-order valence-corrected chi connectivity index (χ2v) is 7.02. The molecule has 1 saturated heterocycles. The van der Waals surface area contributed by atoms with E-state index in [9.17, 15) is 4.79 Å². The predicted molar refractivity (Wildman–Crippen MR) is 89.6 cm³/mol. The topological polar surface area (TPSA) is 64.8 Å². The van der Waals surface area contributed by atoms with Crippen molar-refractivity contribution < 1.29 is 14.3 Å². The lowest BCUT2D eigenvalue weighted by Crippen LogP contribution is -2.49. The molecule has 1 atom stereocenters. The molecule has 5 nitrogen and oxygen atoms in total. The number of amides is 1. The van der Waals surface area contributed by atoms with Crippen molar-refractivity contribution in [1.82, 2.24) is 4.90 Å². The summed E-state index contributed by atoms with van der Waals surface area (Å²) in [5, 5.41) is 0. The molecule has 2 rings (SSSR count). The van der Waals surface area contributed by atoms with Gasteiger partial charge >= 0.3 is 6.09 Å². The number of nitrogens with two attached hydrogens (primary N) is 1. The van der Waals surface area contributed by atoms with Gasteiger partial charge in [0.25, 0.3) is 0 Å². The number of carbonyl (C=O) groups is 1. The van der Waals surface area contributed by atoms with Gasteiger partial charge in [-0.1, -0.05) is 17.9 Å². The normalized spacial score (nSPS) is 19.9. The van der Waals surface area contributed by atoms with Crippen LogP contribution in [0.5, 0.6) is 0 Å². The number of hydrogen-bond donors (Lipinski definition) is 1. The van der Waals surface area contributed by atoms with Crippen LogP contribution in [-0.2, 0) is 9.47 Å². The van der Waals surface area contributed by atoms with Crippen molar-refractivity contribution in [3.05, 3.63) is 29.8 Å². The molecule has 2 N–H and O–H groups in total. The molecule has 1 unspecified atom stereocenters. The largest absolute Gasteiger partial charge is 0.444 e. The van der Waals surface area contributed by atoms with Crippen LogP contribution in [0.15, 0.2) is 24.3 Å². The fraction of sp³-hybridized carbons (Fsp3) is 0.500. The van der Waals surface area contributed by atoms with E-state index in [1.807, 2.05) is 46.8 Å². The smallest absolute Gasteiger partial charge is 0.413 e. The summed E-state index contributed by atoms with van der Waals surface area (Å²) in [6, 6.07) is 6.97. The van der Waals surface area contributed by atoms with Crippen molar-refractivity contribution in [1.29, 1.82) is 0 Å². The highest BCUT2D eigenvalue weighted by atomic mass is 16.6. The highest BCUT2D eigenvalue weighted by Gasteiger charge is 2.45. The molecule has 0 aromatic heterocycles. The zero-order chi connectivity index (χ0) is 17.3. The summed E-state index contributed by atoms with van der Waals surface area (Å²) < 4.78 is 11.2. The molecule has 1 aromatic rings. The summed E-state index contributed by atoms with van der Waals surface area (Å²) in [7, 11) is 0. The van der Waals surface area contributed by atoms with Gasteiger partial charge in [-0.3, -0.25) is 4.90 Å². The van der Waals surface area contributed by atoms with Gasteiger partial charge in [-0.15, -0.1) is 0 Å². The van der Waals surface area contributed by atoms with Gasteiger partial charge in [0.05, 0.1) is 6.61 Å². The molecule has 5 heteroatoms. The van der Waals surface area contributed by atoms with Crippen molar-refractivity contribution >= 4 is 11.8 Å². The maximum absolute atomic E-state index is 12.5. The van der Waals surface area contributed by atoms with Crippen LogP contribution in [0, 0.1) is 11.8 Å². The first-order valence-corrected chi connectivity index (χ1v) is 7.62. The van der Waals surface area contributed by atoms with E-state index in [0.717, 1.165) is 5.56 Å². The van der Waals surface area contributed by atoms with Crippen molar-refractivity contribution in [2.45, 2.75) is 52.0 Å². The average molecular weight is 316 g/mol. The van der Waals surface area contributed by atoms with E-state index < -0.39 is 17.4 Å². The SMILES string of the molecule is CC(C)(C)OC(=O)N1C(C#Cc2cccc(N)c2)COC1(C)C. The number of rotatable bonds is 0. The van der Waals surface area contributed by atoms with Gasteiger partial charge in [-0.25, -0.2) is 4.79 Å². The van der Waals surface area contributed by atoms with Gasteiger partial charge in [0.2, 0.25) is 0 Å². The van der Waals surface area contributed by atoms with Gasteiger partial charge < -0.3 is 15.2 Å². The minimum Gasteiger partial charge on any atom is -0.444 e. The average Bonchev–Trinajstić information content (AvgIpc) is 2.69. The molecule has 0 spiro atoms. The number of benzene rings is 1. The molecular weight excluding hydrogens is 292 g/mol. The summed E-state index contributed by atoms with van der Waals surface area (Å²) in [6.07, 6.45) is -0.424. The standard InChI is InChI=1S/C18H24N2O3/c1-17(2,3)23-16(21)20-15(12-22-18(20,4)5)10-9-13-7-6-8-14(19)11-13/h6-8,11,15H,12,19H2,1-5H3. The van der Waals surface area contributed by atoms with Crippen LogP contribution < -0.4 is 5.73 Å². The first-order chi connectivity index (χ1) is 10.6. The van der Waals surface area contributed by atoms with Crippen LogP contribution in [0.2, 0.25) is 0 Å². The van der Waals surface area contributed by atoms with E-state index in [2.05, 4.69) is 11.8 Å². The quantitative estimate of drug-likeness (QED) is 0.590. The maximum Gasteiger partial charge on any atom is 0.413 e. The minimum absolute atomic E-state index is 0.349. The number of ether oxygens (including phenoxy) is 2. The van der Waals surface area contributed by atoms with Gasteiger partial charge in [0, 0.05) is 11.3 Å². The second kappa shape index (κ2) is 6.13. The second-order valence-electron chi connectivity index (χ2n) is 7.02. The summed E-state index contributed by atoms with van der Waals surface area (Å²) >= 11 is 0. The molecule has 0 radical (unpaired) electrons. The van der Waals surface area contributed by atoms with Crippen molar-refractivity contribution in [2.24, 2.45) is 0 Å².